The molecule has 2 aliphatic carbocycles. The molecule has 2 aromatic carbocycles. The summed E-state index contributed by atoms with van der Waals surface area (Å²) in [5.74, 6) is 6.82. The third-order valence-electron chi connectivity index (χ3n) is 16.5. The Morgan fingerprint density at radius 3 is 0.750 bits per heavy atom. The summed E-state index contributed by atoms with van der Waals surface area (Å²) in [5, 5.41) is 0. The topological polar surface area (TPSA) is 36.9 Å². The van der Waals surface area contributed by atoms with Gasteiger partial charge in [-0.2, -0.15) is 0 Å². The van der Waals surface area contributed by atoms with E-state index < -0.39 is 33.3 Å². The van der Waals surface area contributed by atoms with Gasteiger partial charge in [-0.15, -0.1) is 0 Å². The lowest BCUT2D eigenvalue weighted by molar-refractivity contribution is 0.444. The van der Waals surface area contributed by atoms with E-state index in [1.54, 1.807) is 0 Å². The molecule has 0 spiro atoms. The molecular weight excluding hydrogens is 849 g/mol. The van der Waals surface area contributed by atoms with E-state index in [0.29, 0.717) is 66.5 Å². The van der Waals surface area contributed by atoms with E-state index in [1.165, 1.54) is 34.1 Å². The summed E-state index contributed by atoms with van der Waals surface area (Å²) in [4.78, 5) is 0. The summed E-state index contributed by atoms with van der Waals surface area (Å²) >= 11 is 0. The van der Waals surface area contributed by atoms with Crippen LogP contribution in [0.25, 0.3) is 11.5 Å². The van der Waals surface area contributed by atoms with Gasteiger partial charge in [0.05, 0.1) is 0 Å². The first kappa shape index (κ1) is 54.6. The summed E-state index contributed by atoms with van der Waals surface area (Å²) in [7, 11) is -9.13. The number of allylic oxidation sites excluding steroid dienone is 2. The average molecular weight is 946 g/mol. The standard InChI is InChI=1S/C56H96O4Si4/c1-35(2)61(36(3)4,37(5)6)57-51-29-25-27-49-53(59-63(41(13)14,42(15)16)43(17)18)33-47(55(49)51)31-32-48-34-54(60-64(44(19)20,45(21)22)46(23)24)50-28-26-30-52(56(48)50)58-62(38(7)8,39(9)10)40(11)12/h25-30,33-46H,31-32H2,1-24H3. The number of hydrogen-bond acceptors (Lipinski definition) is 4. The van der Waals surface area contributed by atoms with Gasteiger partial charge in [-0.1, -0.05) is 190 Å². The second kappa shape index (κ2) is 21.1. The van der Waals surface area contributed by atoms with Crippen LogP contribution < -0.4 is 8.85 Å². The van der Waals surface area contributed by atoms with Gasteiger partial charge >= 0.3 is 0 Å². The largest absolute Gasteiger partial charge is 0.542 e. The number of fused-ring (bicyclic) bond motifs is 2. The minimum absolute atomic E-state index is 0.462. The fourth-order valence-corrected chi connectivity index (χ4v) is 35.0. The van der Waals surface area contributed by atoms with Crippen LogP contribution in [0, 0.1) is 11.8 Å². The van der Waals surface area contributed by atoms with Crippen LogP contribution >= 0.6 is 0 Å². The Labute approximate surface area is 400 Å². The molecule has 0 saturated heterocycles. The molecule has 0 saturated carbocycles. The molecule has 0 heterocycles. The number of rotatable bonds is 23. The summed E-state index contributed by atoms with van der Waals surface area (Å²) in [6.07, 6.45) is 6.57. The molecule has 2 aromatic rings. The summed E-state index contributed by atoms with van der Waals surface area (Å²) in [5.41, 5.74) is 10.5. The van der Waals surface area contributed by atoms with Crippen LogP contribution in [-0.4, -0.2) is 33.3 Å². The van der Waals surface area contributed by atoms with Crippen molar-refractivity contribution in [2.45, 2.75) is 246 Å². The number of benzene rings is 2. The van der Waals surface area contributed by atoms with Gasteiger partial charge in [-0.05, 0) is 104 Å². The molecule has 0 aromatic heterocycles. The Hall–Kier alpha value is -2.01. The van der Waals surface area contributed by atoms with Crippen LogP contribution in [0.2, 0.25) is 66.5 Å². The maximum Gasteiger partial charge on any atom is 0.258 e. The zero-order chi connectivity index (χ0) is 48.6. The van der Waals surface area contributed by atoms with Gasteiger partial charge in [0.15, 0.2) is 0 Å². The minimum Gasteiger partial charge on any atom is -0.542 e. The predicted molar refractivity (Wildman–Crippen MR) is 290 cm³/mol. The summed E-state index contributed by atoms with van der Waals surface area (Å²) in [6, 6.07) is 13.6. The highest BCUT2D eigenvalue weighted by atomic mass is 28.4. The summed E-state index contributed by atoms with van der Waals surface area (Å²) < 4.78 is 30.7. The Balaban J connectivity index is 1.98. The van der Waals surface area contributed by atoms with Gasteiger partial charge in [0.25, 0.3) is 33.3 Å². The molecule has 4 nitrogen and oxygen atoms in total. The number of hydrogen-bond donors (Lipinski definition) is 0. The molecule has 0 N–H and O–H groups in total. The highest BCUT2D eigenvalue weighted by Gasteiger charge is 2.52. The molecule has 0 unspecified atom stereocenters. The van der Waals surface area contributed by atoms with E-state index in [-0.39, 0.29) is 0 Å². The van der Waals surface area contributed by atoms with Gasteiger partial charge < -0.3 is 17.7 Å². The molecule has 64 heavy (non-hydrogen) atoms. The van der Waals surface area contributed by atoms with Crippen molar-refractivity contribution in [1.82, 2.24) is 0 Å². The fourth-order valence-electron chi connectivity index (χ4n) is 13.9. The van der Waals surface area contributed by atoms with Crippen LogP contribution in [0.5, 0.6) is 11.5 Å². The lowest BCUT2D eigenvalue weighted by Gasteiger charge is -2.43. The van der Waals surface area contributed by atoms with Crippen LogP contribution in [0.15, 0.2) is 48.6 Å². The van der Waals surface area contributed by atoms with Crippen LogP contribution in [0.4, 0.5) is 0 Å². The van der Waals surface area contributed by atoms with Crippen molar-refractivity contribution in [1.29, 1.82) is 0 Å². The summed E-state index contributed by atoms with van der Waals surface area (Å²) in [6.45, 7) is 57.5. The molecule has 0 amide bonds. The van der Waals surface area contributed by atoms with E-state index in [2.05, 4.69) is 215 Å². The lowest BCUT2D eigenvalue weighted by atomic mass is 9.88. The Morgan fingerprint density at radius 1 is 0.312 bits per heavy atom. The lowest BCUT2D eigenvalue weighted by Crippen LogP contribution is -2.51. The van der Waals surface area contributed by atoms with Crippen molar-refractivity contribution in [2.24, 2.45) is 0 Å². The monoisotopic (exact) mass is 945 g/mol. The molecule has 4 rings (SSSR count). The molecule has 2 aliphatic rings. The van der Waals surface area contributed by atoms with Crippen molar-refractivity contribution >= 4 is 44.8 Å². The van der Waals surface area contributed by atoms with Crippen LogP contribution in [0.3, 0.4) is 0 Å². The van der Waals surface area contributed by atoms with Crippen molar-refractivity contribution in [3.05, 3.63) is 82.6 Å². The minimum atomic E-state index is -2.29. The molecule has 0 aliphatic heterocycles. The molecule has 0 fully saturated rings. The third-order valence-corrected chi connectivity index (χ3v) is 40.4. The van der Waals surface area contributed by atoms with Crippen molar-refractivity contribution < 1.29 is 17.7 Å². The Kier molecular flexibility index (Phi) is 18.0. The first-order chi connectivity index (χ1) is 29.6. The van der Waals surface area contributed by atoms with Gasteiger partial charge in [-0.3, -0.25) is 0 Å². The highest BCUT2D eigenvalue weighted by Crippen LogP contribution is 2.55. The molecule has 0 bridgehead atoms. The fraction of sp³-hybridized carbons (Fsp3) is 0.679. The van der Waals surface area contributed by atoms with Gasteiger partial charge in [0.2, 0.25) is 0 Å². The third kappa shape index (κ3) is 9.66. The van der Waals surface area contributed by atoms with Crippen molar-refractivity contribution in [3.8, 4) is 11.5 Å². The zero-order valence-electron chi connectivity index (χ0n) is 45.6. The van der Waals surface area contributed by atoms with Gasteiger partial charge in [0.1, 0.15) is 23.0 Å². The van der Waals surface area contributed by atoms with E-state index in [4.69, 9.17) is 17.7 Å². The highest BCUT2D eigenvalue weighted by molar-refractivity contribution is 6.80. The molecule has 8 heteroatoms. The van der Waals surface area contributed by atoms with Gasteiger partial charge in [-0.25, -0.2) is 0 Å². The SMILES string of the molecule is CC(C)[Si](OC1=C[C](CC[C]2C=C(O[Si](C(C)C)(C(C)C)C(C)C)c3cccc(O[Si](C(C)C)(C(C)C)C(C)C)c32)c2c(O[Si](C(C)C)(C(C)C)C(C)C)cccc21)(C(C)C)C(C)C. The molecule has 360 valence electrons. The second-order valence-electron chi connectivity index (χ2n) is 23.6. The quantitative estimate of drug-likeness (QED) is 0.104. The Morgan fingerprint density at radius 2 is 0.531 bits per heavy atom. The van der Waals surface area contributed by atoms with Crippen LogP contribution in [0.1, 0.15) is 201 Å². The zero-order valence-corrected chi connectivity index (χ0v) is 49.6. The smallest absolute Gasteiger partial charge is 0.258 e. The molecule has 2 radical (unpaired) electrons. The average Bonchev–Trinajstić information content (AvgIpc) is 3.72. The predicted octanol–water partition coefficient (Wildman–Crippen LogP) is 19.2. The first-order valence-electron chi connectivity index (χ1n) is 25.8. The first-order valence-corrected chi connectivity index (χ1v) is 34.4. The van der Waals surface area contributed by atoms with E-state index >= 15 is 0 Å². The molecular formula is C56H96O4Si4. The second-order valence-corrected chi connectivity index (χ2v) is 45.1. The molecule has 0 atom stereocenters. The maximum atomic E-state index is 7.68. The Bertz CT molecular complexity index is 1690. The maximum absolute atomic E-state index is 7.68. The van der Waals surface area contributed by atoms with Crippen LogP contribution in [-0.2, 0) is 8.85 Å². The van der Waals surface area contributed by atoms with Crippen molar-refractivity contribution in [3.63, 3.8) is 0 Å². The van der Waals surface area contributed by atoms with E-state index in [1.807, 2.05) is 0 Å². The van der Waals surface area contributed by atoms with E-state index in [9.17, 15) is 0 Å². The normalized spacial score (nSPS) is 15.8. The van der Waals surface area contributed by atoms with Gasteiger partial charge in [0, 0.05) is 34.1 Å². The van der Waals surface area contributed by atoms with Crippen molar-refractivity contribution in [2.75, 3.05) is 0 Å². The van der Waals surface area contributed by atoms with E-state index in [0.717, 1.165) is 35.9 Å².